The molecule has 0 bridgehead atoms. The molecule has 3 aromatic carbocycles. The fraction of sp³-hybridized carbons (Fsp3) is 0.438. The first-order valence-electron chi connectivity index (χ1n) is 13.4. The second kappa shape index (κ2) is 21.1. The summed E-state index contributed by atoms with van der Waals surface area (Å²) in [6.45, 7) is 20.5. The molecule has 206 valence electrons. The number of benzene rings is 3. The van der Waals surface area contributed by atoms with Crippen molar-refractivity contribution in [1.82, 2.24) is 0 Å². The van der Waals surface area contributed by atoms with E-state index in [2.05, 4.69) is 52.8 Å². The zero-order valence-electron chi connectivity index (χ0n) is 24.3. The van der Waals surface area contributed by atoms with E-state index < -0.39 is 0 Å². The normalized spacial score (nSPS) is 11.9. The molecule has 1 aliphatic rings. The van der Waals surface area contributed by atoms with Crippen LogP contribution in [0.25, 0.3) is 0 Å². The van der Waals surface area contributed by atoms with Crippen molar-refractivity contribution in [1.29, 1.82) is 0 Å². The predicted octanol–water partition coefficient (Wildman–Crippen LogP) is 10.4. The number of aromatic hydroxyl groups is 1. The Morgan fingerprint density at radius 1 is 0.838 bits per heavy atom. The summed E-state index contributed by atoms with van der Waals surface area (Å²) in [4.78, 5) is 0. The number of aryl methyl sites for hydroxylation is 3. The molecule has 0 spiro atoms. The molecular formula is C32H48ClO3P. The number of halogens is 1. The molecule has 3 nitrogen and oxygen atoms in total. The molecule has 0 unspecified atom stereocenters. The van der Waals surface area contributed by atoms with Gasteiger partial charge in [0.05, 0.1) is 13.2 Å². The standard InChI is InChI=1S/C19H24O.C6H5Cl.C3H7O2P.2C2H6/c1-12(2)17-10-16(6-7-19(17)20)11-18-14(4)8-13(3)9-15(18)5;7-6-4-2-1-3-5-6;1-2-4-6-5-3-1;2*1-2/h6-10,12,20H,11H2,1-5H3;1-5H;6H,1-3H2;2*1-2H3. The third-order valence-corrected chi connectivity index (χ3v) is 6.17. The molecule has 1 aliphatic heterocycles. The van der Waals surface area contributed by atoms with Crippen molar-refractivity contribution in [2.75, 3.05) is 13.2 Å². The smallest absolute Gasteiger partial charge is 0.155 e. The van der Waals surface area contributed by atoms with Crippen molar-refractivity contribution in [3.63, 3.8) is 0 Å². The van der Waals surface area contributed by atoms with Gasteiger partial charge in [-0.05, 0) is 85.5 Å². The molecule has 1 fully saturated rings. The fourth-order valence-electron chi connectivity index (χ4n) is 3.61. The van der Waals surface area contributed by atoms with Crippen LogP contribution >= 0.6 is 20.6 Å². The molecule has 5 heteroatoms. The minimum absolute atomic E-state index is 0.302. The largest absolute Gasteiger partial charge is 0.508 e. The summed E-state index contributed by atoms with van der Waals surface area (Å²) in [5.74, 6) is 0.747. The molecular weight excluding hydrogens is 499 g/mol. The van der Waals surface area contributed by atoms with Crippen LogP contribution in [0.4, 0.5) is 0 Å². The Kier molecular flexibility index (Phi) is 20.0. The lowest BCUT2D eigenvalue weighted by atomic mass is 9.92. The van der Waals surface area contributed by atoms with E-state index in [4.69, 9.17) is 20.6 Å². The summed E-state index contributed by atoms with van der Waals surface area (Å²) in [7, 11) is 0.302. The second-order valence-electron chi connectivity index (χ2n) is 8.53. The maximum Gasteiger partial charge on any atom is 0.155 e. The summed E-state index contributed by atoms with van der Waals surface area (Å²) < 4.78 is 9.75. The SMILES string of the molecule is C1COPOC1.CC.CC.Cc1cc(C)c(Cc2ccc(O)c(C(C)C)c2)c(C)c1.Clc1ccccc1. The number of phenolic OH excluding ortho intramolecular Hbond substituents is 1. The van der Waals surface area contributed by atoms with Crippen molar-refractivity contribution in [3.05, 3.63) is 99.1 Å². The highest BCUT2D eigenvalue weighted by Crippen LogP contribution is 2.28. The van der Waals surface area contributed by atoms with Crippen LogP contribution in [0.3, 0.4) is 0 Å². The predicted molar refractivity (Wildman–Crippen MR) is 165 cm³/mol. The van der Waals surface area contributed by atoms with Crippen LogP contribution in [-0.2, 0) is 15.5 Å². The average molecular weight is 547 g/mol. The first-order chi connectivity index (χ1) is 17.8. The Hall–Kier alpha value is -1.90. The molecule has 1 N–H and O–H groups in total. The van der Waals surface area contributed by atoms with Crippen molar-refractivity contribution in [2.24, 2.45) is 0 Å². The van der Waals surface area contributed by atoms with Crippen LogP contribution in [0.5, 0.6) is 5.75 Å². The summed E-state index contributed by atoms with van der Waals surface area (Å²) in [6.07, 6.45) is 1.99. The summed E-state index contributed by atoms with van der Waals surface area (Å²) in [5, 5.41) is 10.7. The van der Waals surface area contributed by atoms with E-state index >= 15 is 0 Å². The topological polar surface area (TPSA) is 38.7 Å². The lowest BCUT2D eigenvalue weighted by Gasteiger charge is -2.14. The minimum Gasteiger partial charge on any atom is -0.508 e. The summed E-state index contributed by atoms with van der Waals surface area (Å²) in [6, 6.07) is 19.9. The van der Waals surface area contributed by atoms with Crippen LogP contribution in [0.1, 0.15) is 87.3 Å². The molecule has 4 rings (SSSR count). The van der Waals surface area contributed by atoms with Crippen molar-refractivity contribution >= 4 is 20.6 Å². The van der Waals surface area contributed by atoms with Gasteiger partial charge in [0.2, 0.25) is 0 Å². The molecule has 0 atom stereocenters. The number of hydrogen-bond donors (Lipinski definition) is 1. The van der Waals surface area contributed by atoms with E-state index in [9.17, 15) is 5.11 Å². The maximum absolute atomic E-state index is 9.92. The second-order valence-corrected chi connectivity index (χ2v) is 9.71. The van der Waals surface area contributed by atoms with Gasteiger partial charge in [0.25, 0.3) is 0 Å². The van der Waals surface area contributed by atoms with Crippen LogP contribution in [-0.4, -0.2) is 18.3 Å². The van der Waals surface area contributed by atoms with Crippen molar-refractivity contribution in [3.8, 4) is 5.75 Å². The lowest BCUT2D eigenvalue weighted by molar-refractivity contribution is 0.197. The van der Waals surface area contributed by atoms with Gasteiger partial charge in [-0.1, -0.05) is 101 Å². The van der Waals surface area contributed by atoms with Gasteiger partial charge >= 0.3 is 0 Å². The zero-order valence-corrected chi connectivity index (χ0v) is 26.1. The Morgan fingerprint density at radius 2 is 1.38 bits per heavy atom. The highest BCUT2D eigenvalue weighted by molar-refractivity contribution is 7.26. The lowest BCUT2D eigenvalue weighted by Crippen LogP contribution is -1.98. The number of phenols is 1. The molecule has 37 heavy (non-hydrogen) atoms. The third kappa shape index (κ3) is 14.6. The van der Waals surface area contributed by atoms with Gasteiger partial charge in [-0.15, -0.1) is 0 Å². The van der Waals surface area contributed by atoms with Gasteiger partial charge < -0.3 is 14.2 Å². The van der Waals surface area contributed by atoms with Crippen LogP contribution in [0, 0.1) is 20.8 Å². The molecule has 0 aliphatic carbocycles. The zero-order chi connectivity index (χ0) is 28.2. The van der Waals surface area contributed by atoms with E-state index in [-0.39, 0.29) is 0 Å². The van der Waals surface area contributed by atoms with Gasteiger partial charge in [-0.2, -0.15) is 0 Å². The molecule has 3 aromatic rings. The highest BCUT2D eigenvalue weighted by atomic mass is 35.5. The van der Waals surface area contributed by atoms with E-state index in [1.165, 1.54) is 27.8 Å². The Bertz CT molecular complexity index is 952. The summed E-state index contributed by atoms with van der Waals surface area (Å²) >= 11 is 5.54. The Labute approximate surface area is 233 Å². The molecule has 1 saturated heterocycles. The third-order valence-electron chi connectivity index (χ3n) is 5.28. The van der Waals surface area contributed by atoms with E-state index in [0.717, 1.165) is 36.6 Å². The number of hydrogen-bond acceptors (Lipinski definition) is 3. The van der Waals surface area contributed by atoms with E-state index in [1.54, 1.807) is 0 Å². The maximum atomic E-state index is 9.92. The van der Waals surface area contributed by atoms with Crippen LogP contribution in [0.15, 0.2) is 60.7 Å². The first kappa shape index (κ1) is 35.1. The molecule has 0 aromatic heterocycles. The Morgan fingerprint density at radius 3 is 1.76 bits per heavy atom. The average Bonchev–Trinajstić information content (AvgIpc) is 2.91. The van der Waals surface area contributed by atoms with E-state index in [1.807, 2.05) is 70.2 Å². The van der Waals surface area contributed by atoms with Crippen LogP contribution in [0.2, 0.25) is 5.02 Å². The minimum atomic E-state index is 0.302. The molecule has 1 heterocycles. The molecule has 0 amide bonds. The van der Waals surface area contributed by atoms with E-state index in [0.29, 0.717) is 20.7 Å². The quantitative estimate of drug-likeness (QED) is 0.332. The van der Waals surface area contributed by atoms with Gasteiger partial charge in [-0.3, -0.25) is 0 Å². The van der Waals surface area contributed by atoms with Crippen LogP contribution < -0.4 is 0 Å². The Balaban J connectivity index is 0.000000619. The van der Waals surface area contributed by atoms with Gasteiger partial charge in [-0.25, -0.2) is 0 Å². The number of rotatable bonds is 3. The molecule has 0 radical (unpaired) electrons. The molecule has 0 saturated carbocycles. The first-order valence-corrected chi connectivity index (χ1v) is 14.5. The highest BCUT2D eigenvalue weighted by Gasteiger charge is 2.09. The fourth-order valence-corrected chi connectivity index (χ4v) is 4.30. The van der Waals surface area contributed by atoms with Gasteiger partial charge in [0, 0.05) is 5.02 Å². The summed E-state index contributed by atoms with van der Waals surface area (Å²) in [5.41, 5.74) is 7.71. The monoisotopic (exact) mass is 546 g/mol. The van der Waals surface area contributed by atoms with Gasteiger partial charge in [0.15, 0.2) is 9.03 Å². The van der Waals surface area contributed by atoms with Gasteiger partial charge in [0.1, 0.15) is 5.75 Å². The van der Waals surface area contributed by atoms with Crippen molar-refractivity contribution < 1.29 is 14.2 Å². The van der Waals surface area contributed by atoms with Crippen molar-refractivity contribution in [2.45, 2.75) is 81.1 Å².